The van der Waals surface area contributed by atoms with Crippen LogP contribution in [0, 0.1) is 6.92 Å². The van der Waals surface area contributed by atoms with E-state index >= 15 is 0 Å². The molecule has 0 unspecified atom stereocenters. The topological polar surface area (TPSA) is 121 Å². The molecule has 32 heavy (non-hydrogen) atoms. The standard InChI is InChI=1S/C23H27NO8/c1-5-7-12-30-17-10-8-16(9-11-17)22(27)31-13-18(26)24-21-20(23(28)29-6-2)19(14(3)25)15(4)32-21/h8-11H,5-7,12-13H2,1-4H3,(H,24,26). The van der Waals surface area contributed by atoms with Gasteiger partial charge in [-0.05, 0) is 51.5 Å². The lowest BCUT2D eigenvalue weighted by atomic mass is 10.1. The molecule has 1 heterocycles. The lowest BCUT2D eigenvalue weighted by Crippen LogP contribution is -2.22. The molecule has 9 nitrogen and oxygen atoms in total. The van der Waals surface area contributed by atoms with Crippen LogP contribution in [0.5, 0.6) is 5.75 Å². The van der Waals surface area contributed by atoms with Crippen molar-refractivity contribution in [3.05, 3.63) is 46.7 Å². The maximum absolute atomic E-state index is 12.3. The highest BCUT2D eigenvalue weighted by atomic mass is 16.5. The molecule has 0 fully saturated rings. The van der Waals surface area contributed by atoms with Gasteiger partial charge in [-0.2, -0.15) is 0 Å². The van der Waals surface area contributed by atoms with Crippen LogP contribution in [-0.4, -0.2) is 43.4 Å². The van der Waals surface area contributed by atoms with Gasteiger partial charge in [0.1, 0.15) is 17.1 Å². The van der Waals surface area contributed by atoms with Gasteiger partial charge in [0, 0.05) is 0 Å². The van der Waals surface area contributed by atoms with E-state index < -0.39 is 30.2 Å². The van der Waals surface area contributed by atoms with Crippen LogP contribution < -0.4 is 10.1 Å². The average Bonchev–Trinajstić information content (AvgIpc) is 3.08. The summed E-state index contributed by atoms with van der Waals surface area (Å²) in [6.45, 7) is 6.48. The molecule has 1 aromatic carbocycles. The van der Waals surface area contributed by atoms with Crippen LogP contribution in [0.15, 0.2) is 28.7 Å². The number of aryl methyl sites for hydroxylation is 1. The lowest BCUT2D eigenvalue weighted by molar-refractivity contribution is -0.119. The van der Waals surface area contributed by atoms with Crippen molar-refractivity contribution in [2.24, 2.45) is 0 Å². The highest BCUT2D eigenvalue weighted by Crippen LogP contribution is 2.28. The Bertz CT molecular complexity index is 975. The molecule has 9 heteroatoms. The molecular formula is C23H27NO8. The smallest absolute Gasteiger partial charge is 0.344 e. The van der Waals surface area contributed by atoms with E-state index in [1.165, 1.54) is 26.0 Å². The van der Waals surface area contributed by atoms with Crippen molar-refractivity contribution in [2.75, 3.05) is 25.1 Å². The molecule has 0 aliphatic rings. The van der Waals surface area contributed by atoms with Crippen LogP contribution >= 0.6 is 0 Å². The van der Waals surface area contributed by atoms with Crippen molar-refractivity contribution in [3.63, 3.8) is 0 Å². The predicted molar refractivity (Wildman–Crippen MR) is 115 cm³/mol. The van der Waals surface area contributed by atoms with E-state index in [4.69, 9.17) is 18.6 Å². The molecule has 0 spiro atoms. The summed E-state index contributed by atoms with van der Waals surface area (Å²) in [7, 11) is 0. The first-order chi connectivity index (χ1) is 15.3. The van der Waals surface area contributed by atoms with Crippen LogP contribution in [0.25, 0.3) is 0 Å². The highest BCUT2D eigenvalue weighted by molar-refractivity contribution is 6.10. The Morgan fingerprint density at radius 2 is 1.66 bits per heavy atom. The number of Topliss-reactive ketones (excluding diaryl/α,β-unsaturated/α-hetero) is 1. The Hall–Kier alpha value is -3.62. The monoisotopic (exact) mass is 445 g/mol. The quantitative estimate of drug-likeness (QED) is 0.314. The molecule has 2 rings (SSSR count). The number of carbonyl (C=O) groups is 4. The first kappa shape index (κ1) is 24.6. The van der Waals surface area contributed by atoms with Crippen LogP contribution in [0.3, 0.4) is 0 Å². The maximum Gasteiger partial charge on any atom is 0.344 e. The molecule has 1 aromatic heterocycles. The van der Waals surface area contributed by atoms with E-state index in [0.29, 0.717) is 12.4 Å². The number of esters is 2. The number of furan rings is 1. The van der Waals surface area contributed by atoms with Gasteiger partial charge >= 0.3 is 11.9 Å². The number of nitrogens with one attached hydrogen (secondary N) is 1. The van der Waals surface area contributed by atoms with Crippen molar-refractivity contribution < 1.29 is 37.8 Å². The Labute approximate surface area is 186 Å². The van der Waals surface area contributed by atoms with E-state index in [1.54, 1.807) is 19.1 Å². The van der Waals surface area contributed by atoms with E-state index in [-0.39, 0.29) is 34.9 Å². The maximum atomic E-state index is 12.3. The minimum atomic E-state index is -0.803. The predicted octanol–water partition coefficient (Wildman–Crippen LogP) is 3.94. The normalized spacial score (nSPS) is 10.4. The molecule has 2 aromatic rings. The van der Waals surface area contributed by atoms with Crippen LogP contribution in [0.1, 0.15) is 70.4 Å². The van der Waals surface area contributed by atoms with Crippen molar-refractivity contribution >= 4 is 29.5 Å². The second kappa shape index (κ2) is 11.7. The fourth-order valence-corrected chi connectivity index (χ4v) is 2.85. The average molecular weight is 445 g/mol. The van der Waals surface area contributed by atoms with Crippen molar-refractivity contribution in [1.29, 1.82) is 0 Å². The number of carbonyl (C=O) groups excluding carboxylic acids is 4. The number of ketones is 1. The minimum Gasteiger partial charge on any atom is -0.494 e. The number of hydrogen-bond acceptors (Lipinski definition) is 8. The molecular weight excluding hydrogens is 418 g/mol. The van der Waals surface area contributed by atoms with Crippen LogP contribution in [-0.2, 0) is 14.3 Å². The summed E-state index contributed by atoms with van der Waals surface area (Å²) in [5, 5.41) is 2.35. The van der Waals surface area contributed by atoms with Crippen molar-refractivity contribution in [1.82, 2.24) is 0 Å². The first-order valence-corrected chi connectivity index (χ1v) is 10.3. The summed E-state index contributed by atoms with van der Waals surface area (Å²) in [4.78, 5) is 48.6. The Morgan fingerprint density at radius 1 is 0.969 bits per heavy atom. The molecule has 0 saturated carbocycles. The van der Waals surface area contributed by atoms with Gasteiger partial charge in [0.15, 0.2) is 12.4 Å². The zero-order chi connectivity index (χ0) is 23.7. The fraction of sp³-hybridized carbons (Fsp3) is 0.391. The zero-order valence-electron chi connectivity index (χ0n) is 18.6. The molecule has 1 amide bonds. The molecule has 1 N–H and O–H groups in total. The first-order valence-electron chi connectivity index (χ1n) is 10.3. The third-order valence-electron chi connectivity index (χ3n) is 4.36. The summed E-state index contributed by atoms with van der Waals surface area (Å²) in [5.41, 5.74) is 0.104. The van der Waals surface area contributed by atoms with Gasteiger partial charge < -0.3 is 18.6 Å². The number of anilines is 1. The second-order valence-corrected chi connectivity index (χ2v) is 6.86. The van der Waals surface area contributed by atoms with Crippen molar-refractivity contribution in [3.8, 4) is 5.75 Å². The molecule has 0 aliphatic carbocycles. The van der Waals surface area contributed by atoms with Crippen LogP contribution in [0.4, 0.5) is 5.88 Å². The summed E-state index contributed by atoms with van der Waals surface area (Å²) >= 11 is 0. The largest absolute Gasteiger partial charge is 0.494 e. The number of amides is 1. The molecule has 172 valence electrons. The number of hydrogen-bond donors (Lipinski definition) is 1. The van der Waals surface area contributed by atoms with Gasteiger partial charge in [-0.1, -0.05) is 13.3 Å². The van der Waals surface area contributed by atoms with Gasteiger partial charge in [0.25, 0.3) is 5.91 Å². The highest BCUT2D eigenvalue weighted by Gasteiger charge is 2.28. The summed E-state index contributed by atoms with van der Waals surface area (Å²) < 4.78 is 20.9. The number of unbranched alkanes of at least 4 members (excludes halogenated alkanes) is 1. The molecule has 0 saturated heterocycles. The second-order valence-electron chi connectivity index (χ2n) is 6.86. The van der Waals surface area contributed by atoms with Gasteiger partial charge in [0.2, 0.25) is 5.88 Å². The van der Waals surface area contributed by atoms with Gasteiger partial charge in [-0.25, -0.2) is 9.59 Å². The van der Waals surface area contributed by atoms with Gasteiger partial charge in [-0.3, -0.25) is 14.9 Å². The molecule has 0 bridgehead atoms. The number of rotatable bonds is 11. The summed E-state index contributed by atoms with van der Waals surface area (Å²) in [5.74, 6) is -2.10. The zero-order valence-corrected chi connectivity index (χ0v) is 18.6. The van der Waals surface area contributed by atoms with E-state index in [9.17, 15) is 19.2 Å². The number of ether oxygens (including phenoxy) is 3. The van der Waals surface area contributed by atoms with Gasteiger partial charge in [-0.15, -0.1) is 0 Å². The SMILES string of the molecule is CCCCOc1ccc(C(=O)OCC(=O)Nc2oc(C)c(C(C)=O)c2C(=O)OCC)cc1. The molecule has 0 atom stereocenters. The minimum absolute atomic E-state index is 0.0250. The molecule has 0 aliphatic heterocycles. The fourth-order valence-electron chi connectivity index (χ4n) is 2.85. The van der Waals surface area contributed by atoms with Gasteiger partial charge in [0.05, 0.1) is 24.3 Å². The third-order valence-corrected chi connectivity index (χ3v) is 4.36. The molecule has 0 radical (unpaired) electrons. The van der Waals surface area contributed by atoms with Crippen molar-refractivity contribution in [2.45, 2.75) is 40.5 Å². The third kappa shape index (κ3) is 6.44. The number of benzene rings is 1. The van der Waals surface area contributed by atoms with E-state index in [0.717, 1.165) is 12.8 Å². The summed E-state index contributed by atoms with van der Waals surface area (Å²) in [6.07, 6.45) is 1.95. The van der Waals surface area contributed by atoms with E-state index in [1.807, 2.05) is 0 Å². The lowest BCUT2D eigenvalue weighted by Gasteiger charge is -2.08. The summed E-state index contributed by atoms with van der Waals surface area (Å²) in [6, 6.07) is 6.37. The Balaban J connectivity index is 2.01. The Morgan fingerprint density at radius 3 is 2.25 bits per heavy atom. The van der Waals surface area contributed by atoms with Crippen LogP contribution in [0.2, 0.25) is 0 Å². The van der Waals surface area contributed by atoms with E-state index in [2.05, 4.69) is 12.2 Å². The Kier molecular flexibility index (Phi) is 9.00.